The van der Waals surface area contributed by atoms with Gasteiger partial charge in [0.25, 0.3) is 10.2 Å². The average molecular weight is 307 g/mol. The van der Waals surface area contributed by atoms with Gasteiger partial charge in [-0.25, -0.2) is 0 Å². The molecule has 20 heavy (non-hydrogen) atoms. The number of aliphatic hydroxyl groups excluding tert-OH is 1. The largest absolute Gasteiger partial charge is 0.396 e. The van der Waals surface area contributed by atoms with E-state index in [0.29, 0.717) is 26.2 Å². The van der Waals surface area contributed by atoms with Crippen LogP contribution in [-0.2, 0) is 10.2 Å². The molecule has 0 aromatic heterocycles. The SMILES string of the molecule is CCN(CCCN(C)C)S(=O)(=O)N1CCCC(CO)C1. The Morgan fingerprint density at radius 2 is 2.00 bits per heavy atom. The van der Waals surface area contributed by atoms with Crippen molar-refractivity contribution in [2.45, 2.75) is 26.2 Å². The standard InChI is InChI=1S/C13H29N3O3S/c1-4-15(10-6-8-14(2)3)20(18,19)16-9-5-7-13(11-16)12-17/h13,17H,4-12H2,1-3H3. The summed E-state index contributed by atoms with van der Waals surface area (Å²) < 4.78 is 28.3. The molecule has 0 saturated carbocycles. The lowest BCUT2D eigenvalue weighted by atomic mass is 10.0. The first-order valence-corrected chi connectivity index (χ1v) is 8.82. The van der Waals surface area contributed by atoms with E-state index in [1.807, 2.05) is 21.0 Å². The van der Waals surface area contributed by atoms with Gasteiger partial charge >= 0.3 is 0 Å². The van der Waals surface area contributed by atoms with Gasteiger partial charge in [-0.2, -0.15) is 17.0 Å². The van der Waals surface area contributed by atoms with Crippen LogP contribution in [0.3, 0.4) is 0 Å². The molecule has 0 aliphatic carbocycles. The van der Waals surface area contributed by atoms with E-state index < -0.39 is 10.2 Å². The fourth-order valence-electron chi connectivity index (χ4n) is 2.55. The van der Waals surface area contributed by atoms with Crippen LogP contribution < -0.4 is 0 Å². The highest BCUT2D eigenvalue weighted by Gasteiger charge is 2.32. The van der Waals surface area contributed by atoms with E-state index in [1.165, 1.54) is 4.31 Å². The first-order valence-electron chi connectivity index (χ1n) is 7.42. The Kier molecular flexibility index (Phi) is 7.39. The van der Waals surface area contributed by atoms with Crippen molar-refractivity contribution in [1.82, 2.24) is 13.5 Å². The molecule has 1 aliphatic rings. The van der Waals surface area contributed by atoms with Crippen LogP contribution in [-0.4, -0.2) is 80.5 Å². The van der Waals surface area contributed by atoms with Gasteiger partial charge in [0.1, 0.15) is 0 Å². The maximum Gasteiger partial charge on any atom is 0.281 e. The quantitative estimate of drug-likeness (QED) is 0.696. The van der Waals surface area contributed by atoms with E-state index in [9.17, 15) is 13.5 Å². The van der Waals surface area contributed by atoms with Gasteiger partial charge in [-0.1, -0.05) is 6.92 Å². The molecule has 7 heteroatoms. The summed E-state index contributed by atoms with van der Waals surface area (Å²) in [7, 11) is 0.597. The molecule has 1 aliphatic heterocycles. The molecule has 1 N–H and O–H groups in total. The van der Waals surface area contributed by atoms with Crippen molar-refractivity contribution >= 4 is 10.2 Å². The number of hydrogen-bond acceptors (Lipinski definition) is 4. The molecule has 1 saturated heterocycles. The van der Waals surface area contributed by atoms with E-state index in [4.69, 9.17) is 0 Å². The summed E-state index contributed by atoms with van der Waals surface area (Å²) in [5.74, 6) is 0.0824. The molecule has 1 unspecified atom stereocenters. The highest BCUT2D eigenvalue weighted by Crippen LogP contribution is 2.20. The summed E-state index contributed by atoms with van der Waals surface area (Å²) in [4.78, 5) is 2.06. The number of aliphatic hydroxyl groups is 1. The molecule has 120 valence electrons. The van der Waals surface area contributed by atoms with Gasteiger partial charge in [-0.05, 0) is 45.8 Å². The van der Waals surface area contributed by atoms with E-state index in [2.05, 4.69) is 4.90 Å². The van der Waals surface area contributed by atoms with Crippen molar-refractivity contribution in [3.05, 3.63) is 0 Å². The van der Waals surface area contributed by atoms with Crippen LogP contribution in [0.25, 0.3) is 0 Å². The topological polar surface area (TPSA) is 64.1 Å². The first kappa shape index (κ1) is 17.8. The summed E-state index contributed by atoms with van der Waals surface area (Å²) in [6.07, 6.45) is 2.58. The highest BCUT2D eigenvalue weighted by atomic mass is 32.2. The number of nitrogens with zero attached hydrogens (tertiary/aromatic N) is 3. The van der Waals surface area contributed by atoms with Gasteiger partial charge < -0.3 is 10.0 Å². The third-order valence-corrected chi connectivity index (χ3v) is 5.84. The molecule has 1 atom stereocenters. The van der Waals surface area contributed by atoms with Crippen LogP contribution >= 0.6 is 0 Å². The fraction of sp³-hybridized carbons (Fsp3) is 1.00. The minimum atomic E-state index is -3.38. The predicted octanol–water partition coefficient (Wildman–Crippen LogP) is 0.209. The Bertz CT molecular complexity index is 373. The molecule has 0 radical (unpaired) electrons. The molecular formula is C13H29N3O3S. The number of hydrogen-bond donors (Lipinski definition) is 1. The second-order valence-corrected chi connectivity index (χ2v) is 7.63. The molecule has 0 aromatic carbocycles. The van der Waals surface area contributed by atoms with Gasteiger partial charge in [-0.15, -0.1) is 0 Å². The van der Waals surface area contributed by atoms with Gasteiger partial charge in [0.2, 0.25) is 0 Å². The lowest BCUT2D eigenvalue weighted by Crippen LogP contribution is -2.48. The van der Waals surface area contributed by atoms with E-state index in [1.54, 1.807) is 4.31 Å². The number of rotatable bonds is 8. The number of piperidine rings is 1. The maximum atomic E-state index is 12.6. The summed E-state index contributed by atoms with van der Waals surface area (Å²) >= 11 is 0. The van der Waals surface area contributed by atoms with Crippen molar-refractivity contribution in [3.8, 4) is 0 Å². The van der Waals surface area contributed by atoms with Crippen LogP contribution in [0.2, 0.25) is 0 Å². The van der Waals surface area contributed by atoms with Gasteiger partial charge in [0, 0.05) is 32.8 Å². The maximum absolute atomic E-state index is 12.6. The minimum absolute atomic E-state index is 0.0682. The van der Waals surface area contributed by atoms with Crippen molar-refractivity contribution < 1.29 is 13.5 Å². The van der Waals surface area contributed by atoms with Gasteiger partial charge in [0.15, 0.2) is 0 Å². The highest BCUT2D eigenvalue weighted by molar-refractivity contribution is 7.86. The Morgan fingerprint density at radius 1 is 1.30 bits per heavy atom. The lowest BCUT2D eigenvalue weighted by Gasteiger charge is -2.34. The third kappa shape index (κ3) is 4.96. The molecular weight excluding hydrogens is 278 g/mol. The molecule has 1 heterocycles. The summed E-state index contributed by atoms with van der Waals surface area (Å²) in [6.45, 7) is 4.89. The molecule has 0 aromatic rings. The second-order valence-electron chi connectivity index (χ2n) is 5.71. The summed E-state index contributed by atoms with van der Waals surface area (Å²) in [5.41, 5.74) is 0. The molecule has 0 bridgehead atoms. The Morgan fingerprint density at radius 3 is 2.55 bits per heavy atom. The van der Waals surface area contributed by atoms with Gasteiger partial charge in [0.05, 0.1) is 0 Å². The average Bonchev–Trinajstić information content (AvgIpc) is 2.43. The van der Waals surface area contributed by atoms with Crippen molar-refractivity contribution in [1.29, 1.82) is 0 Å². The Hall–Kier alpha value is -0.210. The molecule has 0 amide bonds. The van der Waals surface area contributed by atoms with Crippen LogP contribution in [0.5, 0.6) is 0 Å². The monoisotopic (exact) mass is 307 g/mol. The van der Waals surface area contributed by atoms with Crippen LogP contribution in [0.4, 0.5) is 0 Å². The zero-order valence-corrected chi connectivity index (χ0v) is 13.8. The first-order chi connectivity index (χ1) is 9.41. The van der Waals surface area contributed by atoms with Crippen molar-refractivity contribution in [3.63, 3.8) is 0 Å². The zero-order chi connectivity index (χ0) is 15.2. The van der Waals surface area contributed by atoms with Gasteiger partial charge in [-0.3, -0.25) is 0 Å². The molecule has 1 fully saturated rings. The minimum Gasteiger partial charge on any atom is -0.396 e. The van der Waals surface area contributed by atoms with E-state index in [-0.39, 0.29) is 12.5 Å². The lowest BCUT2D eigenvalue weighted by molar-refractivity contribution is 0.160. The van der Waals surface area contributed by atoms with Crippen molar-refractivity contribution in [2.24, 2.45) is 5.92 Å². The molecule has 0 spiro atoms. The Labute approximate surface area is 123 Å². The fourth-order valence-corrected chi connectivity index (χ4v) is 4.32. The van der Waals surface area contributed by atoms with Crippen LogP contribution in [0.15, 0.2) is 0 Å². The normalized spacial score (nSPS) is 21.8. The van der Waals surface area contributed by atoms with Crippen LogP contribution in [0.1, 0.15) is 26.2 Å². The smallest absolute Gasteiger partial charge is 0.281 e. The Balaban J connectivity index is 2.63. The van der Waals surface area contributed by atoms with E-state index >= 15 is 0 Å². The zero-order valence-electron chi connectivity index (χ0n) is 13.0. The molecule has 6 nitrogen and oxygen atoms in total. The van der Waals surface area contributed by atoms with Crippen molar-refractivity contribution in [2.75, 3.05) is 53.4 Å². The summed E-state index contributed by atoms with van der Waals surface area (Å²) in [5, 5.41) is 9.23. The van der Waals surface area contributed by atoms with Crippen LogP contribution in [0, 0.1) is 5.92 Å². The molecule has 1 rings (SSSR count). The predicted molar refractivity (Wildman–Crippen MR) is 80.7 cm³/mol. The third-order valence-electron chi connectivity index (χ3n) is 3.76. The second kappa shape index (κ2) is 8.29. The van der Waals surface area contributed by atoms with E-state index in [0.717, 1.165) is 25.8 Å². The summed E-state index contributed by atoms with van der Waals surface area (Å²) in [6, 6.07) is 0.